The Morgan fingerprint density at radius 2 is 1.96 bits per heavy atom. The number of nitrogens with two attached hydrogens (primary N) is 1. The highest BCUT2D eigenvalue weighted by Crippen LogP contribution is 2.45. The van der Waals surface area contributed by atoms with Crippen LogP contribution >= 0.6 is 23.7 Å². The standard InChI is InChI=1S/C19H22FN3OS.ClH/c20-14-8-6-12(7-9-14)17-16(22-18(25-17)13-4-5-13)19(24)23-10-2-1-3-15(23)11-21;/h6-9,13,15H,1-5,10-11,21H2;1H. The van der Waals surface area contributed by atoms with Gasteiger partial charge in [0.1, 0.15) is 11.5 Å². The van der Waals surface area contributed by atoms with Gasteiger partial charge in [0, 0.05) is 25.0 Å². The highest BCUT2D eigenvalue weighted by molar-refractivity contribution is 7.15. The number of halogens is 2. The van der Waals surface area contributed by atoms with Crippen LogP contribution in [0, 0.1) is 5.82 Å². The topological polar surface area (TPSA) is 59.2 Å². The van der Waals surface area contributed by atoms with E-state index in [0.29, 0.717) is 18.2 Å². The molecule has 1 aliphatic heterocycles. The average molecular weight is 396 g/mol. The lowest BCUT2D eigenvalue weighted by molar-refractivity contribution is 0.0618. The Bertz CT molecular complexity index is 776. The Hall–Kier alpha value is -1.50. The summed E-state index contributed by atoms with van der Waals surface area (Å²) < 4.78 is 13.3. The molecular formula is C19H23ClFN3OS. The molecule has 2 heterocycles. The second-order valence-electron chi connectivity index (χ2n) is 6.89. The summed E-state index contributed by atoms with van der Waals surface area (Å²) >= 11 is 1.58. The van der Waals surface area contributed by atoms with Crippen molar-refractivity contribution >= 4 is 29.7 Å². The number of carbonyl (C=O) groups excluding carboxylic acids is 1. The molecule has 1 atom stereocenters. The van der Waals surface area contributed by atoms with E-state index >= 15 is 0 Å². The van der Waals surface area contributed by atoms with Gasteiger partial charge in [0.15, 0.2) is 0 Å². The SMILES string of the molecule is Cl.NCC1CCCCN1C(=O)c1nc(C2CC2)sc1-c1ccc(F)cc1. The molecule has 1 aromatic carbocycles. The molecule has 2 aromatic rings. The monoisotopic (exact) mass is 395 g/mol. The highest BCUT2D eigenvalue weighted by atomic mass is 35.5. The molecule has 2 fully saturated rings. The Balaban J connectivity index is 0.00000196. The van der Waals surface area contributed by atoms with E-state index in [0.717, 1.165) is 54.1 Å². The highest BCUT2D eigenvalue weighted by Gasteiger charge is 2.34. The molecule has 2 aliphatic rings. The van der Waals surface area contributed by atoms with Crippen molar-refractivity contribution in [3.8, 4) is 10.4 Å². The number of aromatic nitrogens is 1. The number of nitrogens with zero attached hydrogens (tertiary/aromatic N) is 2. The summed E-state index contributed by atoms with van der Waals surface area (Å²) in [7, 11) is 0. The molecule has 1 aliphatic carbocycles. The number of piperidine rings is 1. The second-order valence-corrected chi connectivity index (χ2v) is 7.93. The third-order valence-electron chi connectivity index (χ3n) is 5.04. The number of thiazole rings is 1. The maximum atomic E-state index is 13.3. The van der Waals surface area contributed by atoms with Gasteiger partial charge in [-0.05, 0) is 49.8 Å². The van der Waals surface area contributed by atoms with Crippen LogP contribution in [0.1, 0.15) is 53.5 Å². The summed E-state index contributed by atoms with van der Waals surface area (Å²) in [6.45, 7) is 1.22. The van der Waals surface area contributed by atoms with Gasteiger partial charge in [0.25, 0.3) is 5.91 Å². The summed E-state index contributed by atoms with van der Waals surface area (Å²) in [4.78, 5) is 20.7. The number of hydrogen-bond acceptors (Lipinski definition) is 4. The maximum absolute atomic E-state index is 13.3. The van der Waals surface area contributed by atoms with E-state index in [-0.39, 0.29) is 30.2 Å². The van der Waals surface area contributed by atoms with Gasteiger partial charge >= 0.3 is 0 Å². The minimum atomic E-state index is -0.275. The van der Waals surface area contributed by atoms with Gasteiger partial charge in [-0.15, -0.1) is 23.7 Å². The number of carbonyl (C=O) groups is 1. The molecule has 4 rings (SSSR count). The summed E-state index contributed by atoms with van der Waals surface area (Å²) in [5.41, 5.74) is 7.26. The van der Waals surface area contributed by atoms with Crippen molar-refractivity contribution in [3.63, 3.8) is 0 Å². The van der Waals surface area contributed by atoms with Gasteiger partial charge < -0.3 is 10.6 Å². The number of rotatable bonds is 4. The minimum absolute atomic E-state index is 0. The molecule has 1 amide bonds. The van der Waals surface area contributed by atoms with Crippen LogP contribution in [0.25, 0.3) is 10.4 Å². The minimum Gasteiger partial charge on any atom is -0.333 e. The van der Waals surface area contributed by atoms with Gasteiger partial charge in [-0.25, -0.2) is 9.37 Å². The smallest absolute Gasteiger partial charge is 0.274 e. The van der Waals surface area contributed by atoms with E-state index in [2.05, 4.69) is 0 Å². The predicted octanol–water partition coefficient (Wildman–Crippen LogP) is 4.20. The van der Waals surface area contributed by atoms with E-state index in [9.17, 15) is 9.18 Å². The summed E-state index contributed by atoms with van der Waals surface area (Å²) in [5, 5.41) is 1.03. The quantitative estimate of drug-likeness (QED) is 0.843. The van der Waals surface area contributed by atoms with Crippen molar-refractivity contribution in [1.82, 2.24) is 9.88 Å². The van der Waals surface area contributed by atoms with Crippen LogP contribution < -0.4 is 5.73 Å². The second kappa shape index (κ2) is 8.03. The van der Waals surface area contributed by atoms with Gasteiger partial charge in [0.2, 0.25) is 0 Å². The zero-order chi connectivity index (χ0) is 17.4. The Labute approximate surface area is 163 Å². The first-order valence-corrected chi connectivity index (χ1v) is 9.76. The Morgan fingerprint density at radius 1 is 1.23 bits per heavy atom. The van der Waals surface area contributed by atoms with Crippen LogP contribution in [0.2, 0.25) is 0 Å². The lowest BCUT2D eigenvalue weighted by Crippen LogP contribution is -2.47. The fraction of sp³-hybridized carbons (Fsp3) is 0.474. The van der Waals surface area contributed by atoms with Crippen LogP contribution in [0.5, 0.6) is 0 Å². The molecule has 1 saturated heterocycles. The van der Waals surface area contributed by atoms with Gasteiger partial charge in [0.05, 0.1) is 9.88 Å². The fourth-order valence-electron chi connectivity index (χ4n) is 3.43. The zero-order valence-electron chi connectivity index (χ0n) is 14.5. The first-order chi connectivity index (χ1) is 12.2. The van der Waals surface area contributed by atoms with Crippen molar-refractivity contribution in [1.29, 1.82) is 0 Å². The number of hydrogen-bond donors (Lipinski definition) is 1. The van der Waals surface area contributed by atoms with Crippen molar-refractivity contribution < 1.29 is 9.18 Å². The van der Waals surface area contributed by atoms with Crippen molar-refractivity contribution in [2.24, 2.45) is 5.73 Å². The molecule has 26 heavy (non-hydrogen) atoms. The van der Waals surface area contributed by atoms with E-state index < -0.39 is 0 Å². The predicted molar refractivity (Wildman–Crippen MR) is 104 cm³/mol. The Morgan fingerprint density at radius 3 is 2.62 bits per heavy atom. The van der Waals surface area contributed by atoms with E-state index in [1.54, 1.807) is 23.5 Å². The first kappa shape index (κ1) is 19.3. The molecule has 1 saturated carbocycles. The van der Waals surface area contributed by atoms with Crippen LogP contribution in [0.4, 0.5) is 4.39 Å². The normalized spacial score (nSPS) is 19.9. The van der Waals surface area contributed by atoms with Crippen molar-refractivity contribution in [2.45, 2.75) is 44.1 Å². The Kier molecular flexibility index (Phi) is 5.95. The molecule has 140 valence electrons. The third-order valence-corrected chi connectivity index (χ3v) is 6.31. The third kappa shape index (κ3) is 3.77. The number of likely N-dealkylation sites (tertiary alicyclic amines) is 1. The van der Waals surface area contributed by atoms with Crippen LogP contribution in [-0.2, 0) is 0 Å². The number of amides is 1. The molecule has 0 bridgehead atoms. The zero-order valence-corrected chi connectivity index (χ0v) is 16.1. The number of benzene rings is 1. The summed E-state index contributed by atoms with van der Waals surface area (Å²) in [6.07, 6.45) is 5.35. The molecule has 2 N–H and O–H groups in total. The maximum Gasteiger partial charge on any atom is 0.274 e. The van der Waals surface area contributed by atoms with E-state index in [4.69, 9.17) is 10.7 Å². The first-order valence-electron chi connectivity index (χ1n) is 8.95. The summed E-state index contributed by atoms with van der Waals surface area (Å²) in [6, 6.07) is 6.42. The molecule has 0 radical (unpaired) electrons. The van der Waals surface area contributed by atoms with E-state index in [1.165, 1.54) is 12.1 Å². The fourth-order valence-corrected chi connectivity index (χ4v) is 4.66. The van der Waals surface area contributed by atoms with Crippen molar-refractivity contribution in [2.75, 3.05) is 13.1 Å². The molecule has 1 aromatic heterocycles. The molecule has 1 unspecified atom stereocenters. The van der Waals surface area contributed by atoms with Crippen LogP contribution in [0.15, 0.2) is 24.3 Å². The molecule has 0 spiro atoms. The molecule has 4 nitrogen and oxygen atoms in total. The molecular weight excluding hydrogens is 373 g/mol. The average Bonchev–Trinajstić information content (AvgIpc) is 3.41. The lowest BCUT2D eigenvalue weighted by atomic mass is 10.0. The van der Waals surface area contributed by atoms with Crippen LogP contribution in [-0.4, -0.2) is 34.9 Å². The van der Waals surface area contributed by atoms with Gasteiger partial charge in [-0.2, -0.15) is 0 Å². The summed E-state index contributed by atoms with van der Waals surface area (Å²) in [5.74, 6) is 0.179. The van der Waals surface area contributed by atoms with Gasteiger partial charge in [-0.3, -0.25) is 4.79 Å². The van der Waals surface area contributed by atoms with E-state index in [1.807, 2.05) is 4.90 Å². The molecule has 7 heteroatoms. The largest absolute Gasteiger partial charge is 0.333 e. The lowest BCUT2D eigenvalue weighted by Gasteiger charge is -2.34. The van der Waals surface area contributed by atoms with Crippen LogP contribution in [0.3, 0.4) is 0 Å². The van der Waals surface area contributed by atoms with Crippen molar-refractivity contribution in [3.05, 3.63) is 40.8 Å². The van der Waals surface area contributed by atoms with Gasteiger partial charge in [-0.1, -0.05) is 12.1 Å².